The Bertz CT molecular complexity index is 1430. The summed E-state index contributed by atoms with van der Waals surface area (Å²) in [6, 6.07) is -0.760. The summed E-state index contributed by atoms with van der Waals surface area (Å²) in [6.07, 6.45) is 25.2. The summed E-state index contributed by atoms with van der Waals surface area (Å²) in [4.78, 5) is 65.0. The van der Waals surface area contributed by atoms with Gasteiger partial charge in [0.1, 0.15) is 17.6 Å². The number of Topliss-reactive ketones (excluding diaryl/α,β-unsaturated/α-hetero) is 3. The van der Waals surface area contributed by atoms with Crippen LogP contribution in [0, 0.1) is 25.2 Å². The number of rotatable bonds is 18. The average molecular weight is 1130 g/mol. The molecule has 1 amide bonds. The predicted molar refractivity (Wildman–Crippen MR) is 263 cm³/mol. The van der Waals surface area contributed by atoms with Crippen molar-refractivity contribution < 1.29 is 82.8 Å². The molecule has 1 aliphatic carbocycles. The molecule has 3 rings (SSSR count). The van der Waals surface area contributed by atoms with E-state index in [0.29, 0.717) is 43.9 Å². The number of methoxy groups -OCH3 is 1. The second kappa shape index (κ2) is 45.7. The first-order valence-electron chi connectivity index (χ1n) is 23.8. The molecule has 6 atom stereocenters. The Morgan fingerprint density at radius 3 is 1.99 bits per heavy atom. The number of likely N-dealkylation sites (tertiary alicyclic amines) is 1. The summed E-state index contributed by atoms with van der Waals surface area (Å²) in [7, 11) is 3.77. The number of amides is 1. The molecule has 0 aromatic heterocycles. The van der Waals surface area contributed by atoms with Gasteiger partial charge in [-0.05, 0) is 101 Å². The third kappa shape index (κ3) is 31.9. The number of halogens is 1. The van der Waals surface area contributed by atoms with Gasteiger partial charge in [-0.15, -0.1) is 0 Å². The minimum absolute atomic E-state index is 0. The van der Waals surface area contributed by atoms with Crippen LogP contribution in [-0.2, 0) is 62.9 Å². The Hall–Kier alpha value is -2.76. The van der Waals surface area contributed by atoms with Crippen LogP contribution in [0.2, 0.25) is 0 Å². The fourth-order valence-electron chi connectivity index (χ4n) is 6.81. The second-order valence-electron chi connectivity index (χ2n) is 16.4. The molecule has 0 aromatic carbocycles. The molecular weight excluding hydrogens is 1040 g/mol. The van der Waals surface area contributed by atoms with Gasteiger partial charge in [-0.1, -0.05) is 110 Å². The molecule has 0 aromatic rings. The number of piperidine rings is 1. The summed E-state index contributed by atoms with van der Waals surface area (Å²) in [5.41, 5.74) is 2.03. The van der Waals surface area contributed by atoms with Crippen molar-refractivity contribution in [2.24, 2.45) is 17.8 Å². The fraction of sp³-hybridized carbons (Fsp3) is 0.731. The number of esters is 1. The van der Waals surface area contributed by atoms with Crippen LogP contribution >= 0.6 is 0 Å². The maximum atomic E-state index is 12.7. The molecule has 13 nitrogen and oxygen atoms in total. The maximum absolute atomic E-state index is 12.7. The van der Waals surface area contributed by atoms with E-state index in [1.165, 1.54) is 49.5 Å². The molecule has 0 bridgehead atoms. The normalized spacial score (nSPS) is 20.8. The zero-order valence-corrected chi connectivity index (χ0v) is 46.4. The first kappa shape index (κ1) is 73.2. The molecule has 3 aliphatic rings. The number of carbonyl (C=O) groups is 5. The molecule has 5 unspecified atom stereocenters. The number of nitrogens with zero attached hydrogens (tertiary/aromatic N) is 1. The van der Waals surface area contributed by atoms with Crippen LogP contribution < -0.4 is 0 Å². The van der Waals surface area contributed by atoms with Crippen molar-refractivity contribution in [3.8, 4) is 0 Å². The Labute approximate surface area is 418 Å². The van der Waals surface area contributed by atoms with Crippen LogP contribution in [0.4, 0.5) is 4.53 Å². The van der Waals surface area contributed by atoms with Crippen molar-refractivity contribution in [3.05, 3.63) is 55.0 Å². The van der Waals surface area contributed by atoms with Crippen LogP contribution in [0.3, 0.4) is 0 Å². The van der Waals surface area contributed by atoms with Gasteiger partial charge >= 0.3 is 25.8 Å². The number of hydrogen-bond donors (Lipinski definition) is 3. The zero-order chi connectivity index (χ0) is 50.4. The summed E-state index contributed by atoms with van der Waals surface area (Å²) in [5, 5.41) is 27.7. The molecule has 393 valence electrons. The van der Waals surface area contributed by atoms with E-state index in [4.69, 9.17) is 19.3 Å². The van der Waals surface area contributed by atoms with E-state index in [2.05, 4.69) is 30.9 Å². The molecule has 3 N–H and O–H groups in total. The van der Waals surface area contributed by atoms with Gasteiger partial charge in [0.25, 0.3) is 11.7 Å². The Balaban J connectivity index is -0.000000287. The molecule has 0 spiro atoms. The quantitative estimate of drug-likeness (QED) is 0.0389. The molecule has 15 heteroatoms. The molecular formula is C52H93FNO12Os. The summed E-state index contributed by atoms with van der Waals surface area (Å²) >= 11 is 0. The van der Waals surface area contributed by atoms with Crippen molar-refractivity contribution in [1.29, 1.82) is 0 Å². The van der Waals surface area contributed by atoms with Crippen molar-refractivity contribution in [2.75, 3.05) is 41.1 Å². The maximum Gasteiger partial charge on any atom is 1.00 e. The van der Waals surface area contributed by atoms with Crippen LogP contribution in [0.5, 0.6) is 0 Å². The first-order valence-corrected chi connectivity index (χ1v) is 23.8. The molecule has 67 heavy (non-hydrogen) atoms. The molecule has 3 fully saturated rings. The number of aliphatic hydroxyl groups is 3. The van der Waals surface area contributed by atoms with Crippen molar-refractivity contribution in [1.82, 2.24) is 4.90 Å². The molecule has 2 heterocycles. The minimum Gasteiger partial charge on any atom is -0.464 e. The van der Waals surface area contributed by atoms with Crippen LogP contribution in [0.1, 0.15) is 166 Å². The molecule has 2 aliphatic heterocycles. The van der Waals surface area contributed by atoms with Gasteiger partial charge in [-0.3, -0.25) is 19.2 Å². The van der Waals surface area contributed by atoms with E-state index in [0.717, 1.165) is 46.3 Å². The monoisotopic (exact) mass is 1130 g/mol. The number of ketones is 3. The van der Waals surface area contributed by atoms with Gasteiger partial charge in [0.2, 0.25) is 5.79 Å². The third-order valence-electron chi connectivity index (χ3n) is 11.3. The number of ether oxygens (including phenoxy) is 3. The van der Waals surface area contributed by atoms with Crippen molar-refractivity contribution in [2.45, 2.75) is 190 Å². The number of allylic oxidation sites excluding steroid dienone is 7. The van der Waals surface area contributed by atoms with Gasteiger partial charge in [0.05, 0.1) is 32.5 Å². The standard InChI is InChI=1S/C23H36O3.C17H27NO6.C7H14O.C2H6.CH3FO.CH4O.CH3.Os/c1-7-17(2)13-11-9-8-10-12-14-18(3)22(25)16-23(26)20(5)15-19(4)21(6)24;1-3-10-23-16(21)13-8-4-5-9-18(13)15(20)14(19)17(22)12(2)7-6-11-24-17;1-8-7-5-3-2-4-6-7;1-2;1-3-2;1-2;;/h8-11,13,15,18-19,23,26H,7,12,14,16H2,1-6H3;12-13,22H,3-11H2,1-2H3;7H,2-6H2,1H3;1-2H3;1H3;2H,1H3;1H3;/q;;;;;;-1;+1/b10-8+,11-9+,17-13+,20-15+;;;;;;;/t18?,19-,23?;;;;;;;/m1......./s1. The predicted octanol–water partition coefficient (Wildman–Crippen LogP) is 9.95. The molecule has 1 radical (unpaired) electrons. The number of aliphatic hydroxyl groups excluding tert-OH is 2. The van der Waals surface area contributed by atoms with E-state index >= 15 is 0 Å². The van der Waals surface area contributed by atoms with Crippen LogP contribution in [-0.4, -0.2) is 115 Å². The van der Waals surface area contributed by atoms with Gasteiger partial charge in [-0.2, -0.15) is 4.94 Å². The molecule has 1 saturated carbocycles. The topological polar surface area (TPSA) is 186 Å². The smallest absolute Gasteiger partial charge is 0.464 e. The number of hydrogen-bond acceptors (Lipinski definition) is 12. The van der Waals surface area contributed by atoms with Crippen LogP contribution in [0.25, 0.3) is 0 Å². The van der Waals surface area contributed by atoms with E-state index in [-0.39, 0.29) is 70.3 Å². The van der Waals surface area contributed by atoms with E-state index in [1.54, 1.807) is 26.8 Å². The SMILES string of the molecule is CC.CC/C(C)=C/C=C/C=C/CCC(C)C(=O)CC(O)/C(C)=C/[C@@H](C)C(C)=O.CCCOC(=O)C1CCCCN1C(=O)C(=O)C1(O)OCCCC1C.CO.COC1CCCCC1.COF.[CH3-].[Os+]. The first-order chi connectivity index (χ1) is 30.9. The molecule has 2 saturated heterocycles. The second-order valence-corrected chi connectivity index (χ2v) is 16.4. The van der Waals surface area contributed by atoms with Gasteiger partial charge in [0, 0.05) is 44.9 Å². The van der Waals surface area contributed by atoms with E-state index < -0.39 is 41.5 Å². The number of carbonyl (C=O) groups excluding carboxylic acids is 5. The summed E-state index contributed by atoms with van der Waals surface area (Å²) in [5.74, 6) is -5.08. The average Bonchev–Trinajstić information content (AvgIpc) is 3.32. The summed E-state index contributed by atoms with van der Waals surface area (Å²) in [6.45, 7) is 19.6. The van der Waals surface area contributed by atoms with E-state index in [9.17, 15) is 38.7 Å². The Morgan fingerprint density at radius 1 is 0.896 bits per heavy atom. The van der Waals surface area contributed by atoms with Gasteiger partial charge in [0.15, 0.2) is 0 Å². The Morgan fingerprint density at radius 2 is 1.48 bits per heavy atom. The van der Waals surface area contributed by atoms with Crippen molar-refractivity contribution >= 4 is 29.2 Å². The third-order valence-corrected chi connectivity index (χ3v) is 11.3. The zero-order valence-electron chi connectivity index (χ0n) is 43.9. The van der Waals surface area contributed by atoms with Gasteiger partial charge < -0.3 is 41.9 Å². The van der Waals surface area contributed by atoms with Gasteiger partial charge in [-0.25, -0.2) is 4.79 Å². The Kier molecular flexibility index (Phi) is 49.9. The largest absolute Gasteiger partial charge is 1.00 e. The van der Waals surface area contributed by atoms with E-state index in [1.807, 2.05) is 53.0 Å². The van der Waals surface area contributed by atoms with Crippen molar-refractivity contribution in [3.63, 3.8) is 0 Å². The van der Waals surface area contributed by atoms with Crippen LogP contribution in [0.15, 0.2) is 47.6 Å². The summed E-state index contributed by atoms with van der Waals surface area (Å²) < 4.78 is 25.4. The minimum atomic E-state index is -2.09. The fourth-order valence-corrected chi connectivity index (χ4v) is 6.81.